The molecule has 0 saturated carbocycles. The van der Waals surface area contributed by atoms with Crippen molar-refractivity contribution in [2.24, 2.45) is 0 Å². The largest absolute Gasteiger partial charge is 0.354 e. The van der Waals surface area contributed by atoms with Crippen molar-refractivity contribution in [1.29, 1.82) is 0 Å². The zero-order valence-electron chi connectivity index (χ0n) is 22.3. The molecule has 2 amide bonds. The van der Waals surface area contributed by atoms with Crippen LogP contribution in [0.2, 0.25) is 0 Å². The van der Waals surface area contributed by atoms with Gasteiger partial charge in [0.05, 0.1) is 11.9 Å². The van der Waals surface area contributed by atoms with E-state index in [-0.39, 0.29) is 24.8 Å². The van der Waals surface area contributed by atoms with Gasteiger partial charge >= 0.3 is 0 Å². The quantitative estimate of drug-likeness (QED) is 0.408. The predicted octanol–water partition coefficient (Wildman–Crippen LogP) is 4.23. The summed E-state index contributed by atoms with van der Waals surface area (Å²) in [6.45, 7) is 8.94. The molecular weight excluding hydrogens is 474 g/mol. The molecule has 0 aliphatic rings. The molecule has 0 bridgehead atoms. The number of benzene rings is 2. The average molecular weight is 516 g/mol. The monoisotopic (exact) mass is 515 g/mol. The van der Waals surface area contributed by atoms with E-state index in [1.54, 1.807) is 4.90 Å². The molecule has 0 aliphatic heterocycles. The maximum Gasteiger partial charge on any atom is 0.242 e. The number of carbonyl (C=O) groups excluding carboxylic acids is 2. The molecule has 36 heavy (non-hydrogen) atoms. The smallest absolute Gasteiger partial charge is 0.242 e. The number of hydrogen-bond donors (Lipinski definition) is 1. The molecule has 2 aromatic carbocycles. The van der Waals surface area contributed by atoms with Crippen LogP contribution in [-0.2, 0) is 26.0 Å². The molecular formula is C28H41N3O4S. The van der Waals surface area contributed by atoms with Gasteiger partial charge in [-0.05, 0) is 68.4 Å². The van der Waals surface area contributed by atoms with Crippen LogP contribution < -0.4 is 9.62 Å². The van der Waals surface area contributed by atoms with Gasteiger partial charge in [0.15, 0.2) is 0 Å². The highest BCUT2D eigenvalue weighted by Crippen LogP contribution is 2.22. The number of nitrogens with zero attached hydrogens (tertiary/aromatic N) is 2. The second kappa shape index (κ2) is 14.0. The fourth-order valence-corrected chi connectivity index (χ4v) is 5.31. The lowest BCUT2D eigenvalue weighted by atomic mass is 10.1. The summed E-state index contributed by atoms with van der Waals surface area (Å²) in [4.78, 5) is 27.9. The molecule has 0 saturated heterocycles. The van der Waals surface area contributed by atoms with Crippen LogP contribution in [0.15, 0.2) is 48.5 Å². The molecule has 0 fully saturated rings. The maximum absolute atomic E-state index is 13.4. The highest BCUT2D eigenvalue weighted by atomic mass is 32.2. The number of anilines is 1. The first-order chi connectivity index (χ1) is 17.1. The normalized spacial score (nSPS) is 12.1. The third-order valence-electron chi connectivity index (χ3n) is 6.07. The Morgan fingerprint density at radius 3 is 2.17 bits per heavy atom. The molecule has 1 N–H and O–H groups in total. The van der Waals surface area contributed by atoms with Crippen molar-refractivity contribution in [3.8, 4) is 0 Å². The summed E-state index contributed by atoms with van der Waals surface area (Å²) in [7, 11) is -3.52. The fraction of sp³-hybridized carbons (Fsp3) is 0.500. The van der Waals surface area contributed by atoms with Gasteiger partial charge in [-0.2, -0.15) is 0 Å². The summed E-state index contributed by atoms with van der Waals surface area (Å²) in [6.07, 6.45) is 3.66. The summed E-state index contributed by atoms with van der Waals surface area (Å²) < 4.78 is 26.5. The number of hydrogen-bond acceptors (Lipinski definition) is 4. The molecule has 0 heterocycles. The summed E-state index contributed by atoms with van der Waals surface area (Å²) in [5.41, 5.74) is 3.65. The summed E-state index contributed by atoms with van der Waals surface area (Å²) in [6, 6.07) is 15.0. The average Bonchev–Trinajstić information content (AvgIpc) is 2.81. The lowest BCUT2D eigenvalue weighted by Crippen LogP contribution is -2.50. The van der Waals surface area contributed by atoms with Crippen molar-refractivity contribution in [2.75, 3.05) is 30.2 Å². The van der Waals surface area contributed by atoms with Crippen molar-refractivity contribution in [2.45, 2.75) is 65.8 Å². The first kappa shape index (κ1) is 29.4. The zero-order chi connectivity index (χ0) is 26.7. The minimum absolute atomic E-state index is 0.140. The summed E-state index contributed by atoms with van der Waals surface area (Å²) in [5.74, 6) is -0.285. The lowest BCUT2D eigenvalue weighted by molar-refractivity contribution is -0.140. The van der Waals surface area contributed by atoms with Gasteiger partial charge in [0.25, 0.3) is 0 Å². The summed E-state index contributed by atoms with van der Waals surface area (Å²) in [5, 5.41) is 2.92. The van der Waals surface area contributed by atoms with Crippen molar-refractivity contribution in [1.82, 2.24) is 10.2 Å². The Labute approximate surface area is 216 Å². The van der Waals surface area contributed by atoms with Crippen LogP contribution in [-0.4, -0.2) is 57.1 Å². The SMILES string of the molecule is CCCNC(=O)C(CC)N(CCc1ccccc1)C(=O)CCCN(c1cc(C)cc(C)c1)S(C)(=O)=O. The second-order valence-corrected chi connectivity index (χ2v) is 11.2. The van der Waals surface area contributed by atoms with Crippen LogP contribution in [0.3, 0.4) is 0 Å². The second-order valence-electron chi connectivity index (χ2n) is 9.32. The molecule has 0 spiro atoms. The highest BCUT2D eigenvalue weighted by molar-refractivity contribution is 7.92. The van der Waals surface area contributed by atoms with Gasteiger partial charge in [-0.25, -0.2) is 8.42 Å². The molecule has 1 atom stereocenters. The number of rotatable bonds is 14. The number of sulfonamides is 1. The Morgan fingerprint density at radius 1 is 0.972 bits per heavy atom. The van der Waals surface area contributed by atoms with Gasteiger partial charge in [-0.3, -0.25) is 13.9 Å². The van der Waals surface area contributed by atoms with E-state index in [0.717, 1.165) is 23.1 Å². The number of nitrogens with one attached hydrogen (secondary N) is 1. The molecule has 8 heteroatoms. The van der Waals surface area contributed by atoms with Crippen molar-refractivity contribution in [3.05, 3.63) is 65.2 Å². The van der Waals surface area contributed by atoms with E-state index in [2.05, 4.69) is 5.32 Å². The van der Waals surface area contributed by atoms with Crippen LogP contribution in [0.25, 0.3) is 0 Å². The van der Waals surface area contributed by atoms with Crippen molar-refractivity contribution >= 4 is 27.5 Å². The third kappa shape index (κ3) is 8.97. The zero-order valence-corrected chi connectivity index (χ0v) is 23.1. The van der Waals surface area contributed by atoms with E-state index in [1.807, 2.05) is 76.2 Å². The molecule has 2 aromatic rings. The topological polar surface area (TPSA) is 86.8 Å². The highest BCUT2D eigenvalue weighted by Gasteiger charge is 2.28. The first-order valence-corrected chi connectivity index (χ1v) is 14.6. The van der Waals surface area contributed by atoms with Gasteiger partial charge in [0.1, 0.15) is 6.04 Å². The first-order valence-electron chi connectivity index (χ1n) is 12.7. The van der Waals surface area contributed by atoms with Crippen LogP contribution in [0.5, 0.6) is 0 Å². The molecule has 0 aliphatic carbocycles. The minimum atomic E-state index is -3.52. The molecule has 0 aromatic heterocycles. The van der Waals surface area contributed by atoms with E-state index in [0.29, 0.717) is 38.0 Å². The molecule has 198 valence electrons. The minimum Gasteiger partial charge on any atom is -0.354 e. The standard InChI is InChI=1S/C28H41N3O4S/c1-6-16-29-28(33)26(7-2)30(18-15-24-12-9-8-10-13-24)27(32)14-11-17-31(36(5,34)35)25-20-22(3)19-23(4)21-25/h8-10,12-13,19-21,26H,6-7,11,14-18H2,1-5H3,(H,29,33). The third-order valence-corrected chi connectivity index (χ3v) is 7.26. The van der Waals surface area contributed by atoms with Gasteiger partial charge in [0, 0.05) is 26.1 Å². The lowest BCUT2D eigenvalue weighted by Gasteiger charge is -2.31. The van der Waals surface area contributed by atoms with Crippen LogP contribution >= 0.6 is 0 Å². The van der Waals surface area contributed by atoms with Gasteiger partial charge in [-0.15, -0.1) is 0 Å². The van der Waals surface area contributed by atoms with E-state index in [1.165, 1.54) is 10.6 Å². The Morgan fingerprint density at radius 2 is 1.61 bits per heavy atom. The number of aryl methyl sites for hydroxylation is 2. The fourth-order valence-electron chi connectivity index (χ4n) is 4.36. The van der Waals surface area contributed by atoms with E-state index in [4.69, 9.17) is 0 Å². The molecule has 2 rings (SSSR count). The van der Waals surface area contributed by atoms with Crippen LogP contribution in [0.4, 0.5) is 5.69 Å². The van der Waals surface area contributed by atoms with Crippen LogP contribution in [0.1, 0.15) is 56.2 Å². The van der Waals surface area contributed by atoms with Crippen LogP contribution in [0, 0.1) is 13.8 Å². The number of amides is 2. The molecule has 0 radical (unpaired) electrons. The molecule has 7 nitrogen and oxygen atoms in total. The van der Waals surface area contributed by atoms with Crippen molar-refractivity contribution < 1.29 is 18.0 Å². The number of carbonyl (C=O) groups is 2. The Hall–Kier alpha value is -2.87. The Balaban J connectivity index is 2.16. The van der Waals surface area contributed by atoms with E-state index < -0.39 is 16.1 Å². The van der Waals surface area contributed by atoms with E-state index in [9.17, 15) is 18.0 Å². The molecule has 1 unspecified atom stereocenters. The van der Waals surface area contributed by atoms with Gasteiger partial charge in [-0.1, -0.05) is 50.2 Å². The maximum atomic E-state index is 13.4. The summed E-state index contributed by atoms with van der Waals surface area (Å²) >= 11 is 0. The van der Waals surface area contributed by atoms with E-state index >= 15 is 0 Å². The van der Waals surface area contributed by atoms with Gasteiger partial charge in [0.2, 0.25) is 21.8 Å². The van der Waals surface area contributed by atoms with Gasteiger partial charge < -0.3 is 10.2 Å². The Bertz CT molecular complexity index is 1080. The van der Waals surface area contributed by atoms with Crippen molar-refractivity contribution in [3.63, 3.8) is 0 Å². The predicted molar refractivity (Wildman–Crippen MR) is 147 cm³/mol. The Kier molecular flexibility index (Phi) is 11.4.